The van der Waals surface area contributed by atoms with Gasteiger partial charge < -0.3 is 10.2 Å². The van der Waals surface area contributed by atoms with Crippen LogP contribution in [-0.2, 0) is 0 Å². The molecule has 3 nitrogen and oxygen atoms in total. The molecule has 1 aromatic carbocycles. The summed E-state index contributed by atoms with van der Waals surface area (Å²) in [7, 11) is 1.83. The second-order valence-corrected chi connectivity index (χ2v) is 4.86. The van der Waals surface area contributed by atoms with Crippen LogP contribution in [0.3, 0.4) is 0 Å². The van der Waals surface area contributed by atoms with Crippen molar-refractivity contribution in [2.75, 3.05) is 20.1 Å². The number of carbonyl (C=O) groups excluding carboxylic acids is 1. The van der Waals surface area contributed by atoms with Gasteiger partial charge in [0.05, 0.1) is 0 Å². The number of carbonyl (C=O) groups is 1. The fourth-order valence-corrected chi connectivity index (χ4v) is 2.56. The van der Waals surface area contributed by atoms with Crippen molar-refractivity contribution in [3.05, 3.63) is 35.4 Å². The Morgan fingerprint density at radius 2 is 2.00 bits per heavy atom. The Kier molecular flexibility index (Phi) is 4.47. The summed E-state index contributed by atoms with van der Waals surface area (Å²) in [5.74, 6) is -1.73. The van der Waals surface area contributed by atoms with Crippen molar-refractivity contribution >= 4 is 5.91 Å². The molecule has 1 saturated heterocycles. The van der Waals surface area contributed by atoms with Crippen LogP contribution in [0.25, 0.3) is 0 Å². The highest BCUT2D eigenvalue weighted by Crippen LogP contribution is 2.20. The fraction of sp³-hybridized carbons (Fsp3) is 0.500. The van der Waals surface area contributed by atoms with Gasteiger partial charge in [0.15, 0.2) is 0 Å². The zero-order valence-corrected chi connectivity index (χ0v) is 11.0. The minimum atomic E-state index is -0.717. The largest absolute Gasteiger partial charge is 0.334 e. The van der Waals surface area contributed by atoms with E-state index in [1.807, 2.05) is 7.05 Å². The number of likely N-dealkylation sites (tertiary alicyclic amines) is 1. The summed E-state index contributed by atoms with van der Waals surface area (Å²) in [6.45, 7) is 1.34. The third-order valence-corrected chi connectivity index (χ3v) is 3.44. The summed E-state index contributed by atoms with van der Waals surface area (Å²) in [5, 5.41) is 3.05. The molecule has 19 heavy (non-hydrogen) atoms. The standard InChI is InChI=1S/C14H18F2N2O/c1-17-9-13-4-2-3-5-18(13)14(19)10-6-11(15)8-12(16)7-10/h6-8,13,17H,2-5,9H2,1H3. The van der Waals surface area contributed by atoms with Crippen LogP contribution in [0, 0.1) is 11.6 Å². The van der Waals surface area contributed by atoms with E-state index < -0.39 is 11.6 Å². The van der Waals surface area contributed by atoms with Crippen molar-refractivity contribution in [2.24, 2.45) is 0 Å². The van der Waals surface area contributed by atoms with E-state index in [1.54, 1.807) is 4.90 Å². The van der Waals surface area contributed by atoms with Crippen molar-refractivity contribution in [3.8, 4) is 0 Å². The molecule has 1 fully saturated rings. The van der Waals surface area contributed by atoms with E-state index >= 15 is 0 Å². The highest BCUT2D eigenvalue weighted by atomic mass is 19.1. The third kappa shape index (κ3) is 3.29. The molecule has 1 atom stereocenters. The number of benzene rings is 1. The minimum absolute atomic E-state index is 0.0838. The van der Waals surface area contributed by atoms with Gasteiger partial charge in [0.2, 0.25) is 0 Å². The molecule has 0 radical (unpaired) electrons. The molecule has 1 aromatic rings. The third-order valence-electron chi connectivity index (χ3n) is 3.44. The Bertz CT molecular complexity index is 443. The Hall–Kier alpha value is -1.49. The van der Waals surface area contributed by atoms with E-state index in [1.165, 1.54) is 0 Å². The molecule has 1 aliphatic heterocycles. The van der Waals surface area contributed by atoms with E-state index in [4.69, 9.17) is 0 Å². The Balaban J connectivity index is 2.20. The normalized spacial score (nSPS) is 19.5. The minimum Gasteiger partial charge on any atom is -0.334 e. The molecule has 1 heterocycles. The van der Waals surface area contributed by atoms with E-state index in [-0.39, 0.29) is 17.5 Å². The average Bonchev–Trinajstić information content (AvgIpc) is 2.38. The molecule has 0 spiro atoms. The summed E-state index contributed by atoms with van der Waals surface area (Å²) in [4.78, 5) is 14.1. The average molecular weight is 268 g/mol. The smallest absolute Gasteiger partial charge is 0.254 e. The summed E-state index contributed by atoms with van der Waals surface area (Å²) in [6.07, 6.45) is 2.93. The molecule has 5 heteroatoms. The van der Waals surface area contributed by atoms with Gasteiger partial charge in [0.25, 0.3) is 5.91 Å². The lowest BCUT2D eigenvalue weighted by atomic mass is 10.0. The fourth-order valence-electron chi connectivity index (χ4n) is 2.56. The molecule has 0 aliphatic carbocycles. The van der Waals surface area contributed by atoms with E-state index in [0.717, 1.165) is 37.5 Å². The Morgan fingerprint density at radius 1 is 1.32 bits per heavy atom. The topological polar surface area (TPSA) is 32.3 Å². The van der Waals surface area contributed by atoms with Crippen LogP contribution in [0.1, 0.15) is 29.6 Å². The molecule has 1 unspecified atom stereocenters. The summed E-state index contributed by atoms with van der Waals surface area (Å²) in [5.41, 5.74) is 0.0838. The van der Waals surface area contributed by atoms with Crippen LogP contribution in [-0.4, -0.2) is 37.0 Å². The number of hydrogen-bond acceptors (Lipinski definition) is 2. The van der Waals surface area contributed by atoms with Gasteiger partial charge in [0.1, 0.15) is 11.6 Å². The zero-order valence-electron chi connectivity index (χ0n) is 11.0. The maximum absolute atomic E-state index is 13.2. The molecule has 0 bridgehead atoms. The lowest BCUT2D eigenvalue weighted by molar-refractivity contribution is 0.0614. The second-order valence-electron chi connectivity index (χ2n) is 4.86. The molecular formula is C14H18F2N2O. The summed E-state index contributed by atoms with van der Waals surface area (Å²) in [6, 6.07) is 3.06. The van der Waals surface area contributed by atoms with E-state index in [9.17, 15) is 13.6 Å². The van der Waals surface area contributed by atoms with Crippen LogP contribution < -0.4 is 5.32 Å². The van der Waals surface area contributed by atoms with Crippen molar-refractivity contribution in [1.82, 2.24) is 10.2 Å². The number of nitrogens with zero attached hydrogens (tertiary/aromatic N) is 1. The number of rotatable bonds is 3. The number of hydrogen-bond donors (Lipinski definition) is 1. The number of nitrogens with one attached hydrogen (secondary N) is 1. The molecule has 0 aromatic heterocycles. The van der Waals surface area contributed by atoms with Gasteiger partial charge in [0, 0.05) is 30.8 Å². The number of piperidine rings is 1. The van der Waals surface area contributed by atoms with Crippen LogP contribution in [0.15, 0.2) is 18.2 Å². The molecule has 1 aliphatic rings. The maximum Gasteiger partial charge on any atom is 0.254 e. The highest BCUT2D eigenvalue weighted by molar-refractivity contribution is 5.94. The van der Waals surface area contributed by atoms with Crippen LogP contribution in [0.4, 0.5) is 8.78 Å². The van der Waals surface area contributed by atoms with E-state index in [0.29, 0.717) is 13.1 Å². The first-order valence-electron chi connectivity index (χ1n) is 6.53. The van der Waals surface area contributed by atoms with Gasteiger partial charge in [-0.2, -0.15) is 0 Å². The number of amides is 1. The lowest BCUT2D eigenvalue weighted by Gasteiger charge is -2.35. The number of halogens is 2. The van der Waals surface area contributed by atoms with Gasteiger partial charge in [-0.15, -0.1) is 0 Å². The predicted molar refractivity (Wildman–Crippen MR) is 69.0 cm³/mol. The zero-order chi connectivity index (χ0) is 13.8. The van der Waals surface area contributed by atoms with Gasteiger partial charge in [-0.25, -0.2) is 8.78 Å². The second kappa shape index (κ2) is 6.10. The van der Waals surface area contributed by atoms with Crippen LogP contribution in [0.2, 0.25) is 0 Å². The molecule has 104 valence electrons. The first-order valence-corrected chi connectivity index (χ1v) is 6.53. The molecule has 0 saturated carbocycles. The molecule has 1 N–H and O–H groups in total. The summed E-state index contributed by atoms with van der Waals surface area (Å²) < 4.78 is 26.4. The summed E-state index contributed by atoms with van der Waals surface area (Å²) >= 11 is 0. The quantitative estimate of drug-likeness (QED) is 0.911. The van der Waals surface area contributed by atoms with Crippen molar-refractivity contribution < 1.29 is 13.6 Å². The molecule has 1 amide bonds. The van der Waals surface area contributed by atoms with Crippen molar-refractivity contribution in [3.63, 3.8) is 0 Å². The first-order chi connectivity index (χ1) is 9.11. The molecule has 2 rings (SSSR count). The van der Waals surface area contributed by atoms with Crippen molar-refractivity contribution in [1.29, 1.82) is 0 Å². The monoisotopic (exact) mass is 268 g/mol. The van der Waals surface area contributed by atoms with Gasteiger partial charge in [-0.1, -0.05) is 0 Å². The van der Waals surface area contributed by atoms with Gasteiger partial charge >= 0.3 is 0 Å². The van der Waals surface area contributed by atoms with E-state index in [2.05, 4.69) is 5.32 Å². The van der Waals surface area contributed by atoms with Gasteiger partial charge in [-0.05, 0) is 38.4 Å². The molecular weight excluding hydrogens is 250 g/mol. The van der Waals surface area contributed by atoms with Gasteiger partial charge in [-0.3, -0.25) is 4.79 Å². The van der Waals surface area contributed by atoms with Crippen LogP contribution >= 0.6 is 0 Å². The predicted octanol–water partition coefficient (Wildman–Crippen LogP) is 2.18. The van der Waals surface area contributed by atoms with Crippen molar-refractivity contribution in [2.45, 2.75) is 25.3 Å². The Morgan fingerprint density at radius 3 is 2.63 bits per heavy atom. The Labute approximate surface area is 111 Å². The van der Waals surface area contributed by atoms with Crippen LogP contribution in [0.5, 0.6) is 0 Å². The highest BCUT2D eigenvalue weighted by Gasteiger charge is 2.27. The first kappa shape index (κ1) is 13.9. The lowest BCUT2D eigenvalue weighted by Crippen LogP contribution is -2.48. The maximum atomic E-state index is 13.2. The number of likely N-dealkylation sites (N-methyl/N-ethyl adjacent to an activating group) is 1. The SMILES string of the molecule is CNCC1CCCCN1C(=O)c1cc(F)cc(F)c1.